The van der Waals surface area contributed by atoms with Crippen LogP contribution in [0, 0.1) is 0 Å². The Morgan fingerprint density at radius 1 is 1.56 bits per heavy atom. The highest BCUT2D eigenvalue weighted by molar-refractivity contribution is 7.15. The first-order chi connectivity index (χ1) is 7.75. The van der Waals surface area contributed by atoms with Gasteiger partial charge in [-0.1, -0.05) is 0 Å². The largest absolute Gasteiger partial charge is 0.393 e. The van der Waals surface area contributed by atoms with E-state index in [9.17, 15) is 5.11 Å². The molecule has 0 unspecified atom stereocenters. The van der Waals surface area contributed by atoms with Crippen molar-refractivity contribution >= 4 is 16.5 Å². The Hall–Kier alpha value is -0.650. The van der Waals surface area contributed by atoms with Crippen LogP contribution >= 0.6 is 11.3 Å². The minimum Gasteiger partial charge on any atom is -0.393 e. The zero-order valence-electron chi connectivity index (χ0n) is 9.56. The first-order valence-electron chi connectivity index (χ1n) is 5.71. The van der Waals surface area contributed by atoms with Gasteiger partial charge in [-0.2, -0.15) is 0 Å². The number of aliphatic hydroxyl groups excluding tert-OH is 1. The van der Waals surface area contributed by atoms with Crippen LogP contribution in [-0.2, 0) is 11.2 Å². The summed E-state index contributed by atoms with van der Waals surface area (Å²) in [5, 5.41) is 10.3. The fourth-order valence-corrected chi connectivity index (χ4v) is 2.64. The molecule has 2 rings (SSSR count). The fraction of sp³-hybridized carbons (Fsp3) is 0.727. The summed E-state index contributed by atoms with van der Waals surface area (Å²) in [5.41, 5.74) is 0. The number of thiazole rings is 1. The predicted octanol–water partition coefficient (Wildman–Crippen LogP) is 1.29. The lowest BCUT2D eigenvalue weighted by atomic mass is 10.2. The molecule has 1 fully saturated rings. The summed E-state index contributed by atoms with van der Waals surface area (Å²) in [6, 6.07) is 0. The number of hydrogen-bond donors (Lipinski definition) is 1. The Balaban J connectivity index is 1.90. The van der Waals surface area contributed by atoms with Crippen molar-refractivity contribution in [2.75, 3.05) is 31.2 Å². The van der Waals surface area contributed by atoms with Gasteiger partial charge in [0.05, 0.1) is 19.3 Å². The normalized spacial score (nSPS) is 18.8. The predicted molar refractivity (Wildman–Crippen MR) is 65.1 cm³/mol. The fourth-order valence-electron chi connectivity index (χ4n) is 1.66. The van der Waals surface area contributed by atoms with E-state index in [4.69, 9.17) is 4.74 Å². The van der Waals surface area contributed by atoms with Crippen molar-refractivity contribution in [1.82, 2.24) is 4.98 Å². The number of hydrogen-bond acceptors (Lipinski definition) is 5. The topological polar surface area (TPSA) is 45.6 Å². The Morgan fingerprint density at radius 2 is 2.31 bits per heavy atom. The molecule has 0 aromatic carbocycles. The third kappa shape index (κ3) is 3.17. The van der Waals surface area contributed by atoms with Crippen LogP contribution in [0.4, 0.5) is 5.13 Å². The van der Waals surface area contributed by atoms with Crippen LogP contribution in [0.2, 0.25) is 0 Å². The molecule has 16 heavy (non-hydrogen) atoms. The summed E-state index contributed by atoms with van der Waals surface area (Å²) >= 11 is 1.73. The molecular weight excluding hydrogens is 224 g/mol. The maximum absolute atomic E-state index is 9.23. The van der Waals surface area contributed by atoms with Crippen LogP contribution in [0.5, 0.6) is 0 Å². The number of aryl methyl sites for hydroxylation is 1. The molecule has 0 aliphatic carbocycles. The quantitative estimate of drug-likeness (QED) is 0.864. The number of ether oxygens (including phenoxy) is 1. The molecular formula is C11H18N2O2S. The van der Waals surface area contributed by atoms with Gasteiger partial charge in [0.1, 0.15) is 0 Å². The second-order valence-corrected chi connectivity index (χ2v) is 5.19. The first kappa shape index (κ1) is 11.8. The van der Waals surface area contributed by atoms with Crippen molar-refractivity contribution in [3.05, 3.63) is 11.1 Å². The van der Waals surface area contributed by atoms with E-state index in [1.807, 2.05) is 13.1 Å². The molecule has 1 aromatic heterocycles. The smallest absolute Gasteiger partial charge is 0.185 e. The van der Waals surface area contributed by atoms with Gasteiger partial charge >= 0.3 is 0 Å². The van der Waals surface area contributed by atoms with E-state index in [-0.39, 0.29) is 6.10 Å². The molecule has 1 aliphatic heterocycles. The summed E-state index contributed by atoms with van der Waals surface area (Å²) in [7, 11) is 0. The monoisotopic (exact) mass is 242 g/mol. The van der Waals surface area contributed by atoms with Crippen molar-refractivity contribution in [3.63, 3.8) is 0 Å². The Bertz CT molecular complexity index is 322. The van der Waals surface area contributed by atoms with E-state index < -0.39 is 0 Å². The van der Waals surface area contributed by atoms with Gasteiger partial charge in [-0.3, -0.25) is 0 Å². The number of aliphatic hydroxyl groups is 1. The molecule has 90 valence electrons. The molecule has 1 saturated heterocycles. The molecule has 1 atom stereocenters. The van der Waals surface area contributed by atoms with Crippen molar-refractivity contribution < 1.29 is 9.84 Å². The molecule has 1 aliphatic rings. The number of anilines is 1. The second kappa shape index (κ2) is 5.61. The SMILES string of the molecule is C[C@@H](O)CCc1cnc(N2CCOCC2)s1. The van der Waals surface area contributed by atoms with Gasteiger partial charge in [0.15, 0.2) is 5.13 Å². The van der Waals surface area contributed by atoms with Crippen LogP contribution in [-0.4, -0.2) is 42.5 Å². The summed E-state index contributed by atoms with van der Waals surface area (Å²) < 4.78 is 5.31. The van der Waals surface area contributed by atoms with Crippen molar-refractivity contribution in [2.24, 2.45) is 0 Å². The van der Waals surface area contributed by atoms with Gasteiger partial charge in [0.2, 0.25) is 0 Å². The van der Waals surface area contributed by atoms with E-state index in [0.717, 1.165) is 44.3 Å². The average Bonchev–Trinajstić information content (AvgIpc) is 2.76. The summed E-state index contributed by atoms with van der Waals surface area (Å²) in [4.78, 5) is 7.94. The van der Waals surface area contributed by atoms with Crippen LogP contribution < -0.4 is 4.90 Å². The van der Waals surface area contributed by atoms with Crippen molar-refractivity contribution in [3.8, 4) is 0 Å². The zero-order valence-corrected chi connectivity index (χ0v) is 10.4. The zero-order chi connectivity index (χ0) is 11.4. The Kier molecular flexibility index (Phi) is 4.15. The number of morpholine rings is 1. The molecule has 0 saturated carbocycles. The average molecular weight is 242 g/mol. The van der Waals surface area contributed by atoms with Gasteiger partial charge in [-0.05, 0) is 19.8 Å². The third-order valence-corrected chi connectivity index (χ3v) is 3.75. The molecule has 2 heterocycles. The van der Waals surface area contributed by atoms with E-state index in [1.54, 1.807) is 11.3 Å². The summed E-state index contributed by atoms with van der Waals surface area (Å²) in [5.74, 6) is 0. The van der Waals surface area contributed by atoms with Crippen LogP contribution in [0.3, 0.4) is 0 Å². The number of nitrogens with zero attached hydrogens (tertiary/aromatic N) is 2. The molecule has 0 spiro atoms. The maximum atomic E-state index is 9.23. The van der Waals surface area contributed by atoms with E-state index in [2.05, 4.69) is 9.88 Å². The minimum atomic E-state index is -0.228. The van der Waals surface area contributed by atoms with Gasteiger partial charge < -0.3 is 14.7 Å². The lowest BCUT2D eigenvalue weighted by molar-refractivity contribution is 0.122. The molecule has 0 radical (unpaired) electrons. The number of rotatable bonds is 4. The molecule has 1 N–H and O–H groups in total. The van der Waals surface area contributed by atoms with E-state index in [0.29, 0.717) is 0 Å². The molecule has 4 nitrogen and oxygen atoms in total. The van der Waals surface area contributed by atoms with Gasteiger partial charge in [0, 0.05) is 24.2 Å². The van der Waals surface area contributed by atoms with Gasteiger partial charge in [-0.25, -0.2) is 4.98 Å². The molecule has 0 bridgehead atoms. The van der Waals surface area contributed by atoms with E-state index >= 15 is 0 Å². The van der Waals surface area contributed by atoms with Gasteiger partial charge in [-0.15, -0.1) is 11.3 Å². The second-order valence-electron chi connectivity index (χ2n) is 4.10. The van der Waals surface area contributed by atoms with Crippen molar-refractivity contribution in [1.29, 1.82) is 0 Å². The Morgan fingerprint density at radius 3 is 3.00 bits per heavy atom. The lowest BCUT2D eigenvalue weighted by Crippen LogP contribution is -2.36. The van der Waals surface area contributed by atoms with E-state index in [1.165, 1.54) is 4.88 Å². The maximum Gasteiger partial charge on any atom is 0.185 e. The highest BCUT2D eigenvalue weighted by Gasteiger charge is 2.14. The summed E-state index contributed by atoms with van der Waals surface area (Å²) in [6.07, 6.45) is 3.43. The van der Waals surface area contributed by atoms with Gasteiger partial charge in [0.25, 0.3) is 0 Å². The van der Waals surface area contributed by atoms with Crippen LogP contribution in [0.15, 0.2) is 6.20 Å². The first-order valence-corrected chi connectivity index (χ1v) is 6.53. The third-order valence-electron chi connectivity index (χ3n) is 2.63. The Labute approximate surface area is 99.9 Å². The van der Waals surface area contributed by atoms with Crippen molar-refractivity contribution in [2.45, 2.75) is 25.9 Å². The lowest BCUT2D eigenvalue weighted by Gasteiger charge is -2.25. The summed E-state index contributed by atoms with van der Waals surface area (Å²) in [6.45, 7) is 5.28. The molecule has 5 heteroatoms. The molecule has 1 aromatic rings. The standard InChI is InChI=1S/C11H18N2O2S/c1-9(14)2-3-10-8-12-11(16-10)13-4-6-15-7-5-13/h8-9,14H,2-7H2,1H3/t9-/m1/s1. The minimum absolute atomic E-state index is 0.228. The highest BCUT2D eigenvalue weighted by atomic mass is 32.1. The highest BCUT2D eigenvalue weighted by Crippen LogP contribution is 2.24. The molecule has 0 amide bonds. The van der Waals surface area contributed by atoms with Crippen LogP contribution in [0.25, 0.3) is 0 Å². The van der Waals surface area contributed by atoms with Crippen LogP contribution in [0.1, 0.15) is 18.2 Å². The number of aromatic nitrogens is 1.